The van der Waals surface area contributed by atoms with Crippen molar-refractivity contribution in [1.29, 1.82) is 0 Å². The van der Waals surface area contributed by atoms with E-state index in [2.05, 4.69) is 10.4 Å². The van der Waals surface area contributed by atoms with E-state index in [1.165, 1.54) is 0 Å². The number of rotatable bonds is 3. The molecule has 0 spiro atoms. The van der Waals surface area contributed by atoms with Crippen molar-refractivity contribution in [2.24, 2.45) is 18.9 Å². The van der Waals surface area contributed by atoms with E-state index in [1.54, 1.807) is 24.1 Å². The van der Waals surface area contributed by atoms with Crippen molar-refractivity contribution < 1.29 is 14.7 Å². The van der Waals surface area contributed by atoms with Crippen molar-refractivity contribution in [2.75, 3.05) is 5.32 Å². The lowest BCUT2D eigenvalue weighted by atomic mass is 9.81. The summed E-state index contributed by atoms with van der Waals surface area (Å²) in [7, 11) is 1.77. The second kappa shape index (κ2) is 5.20. The monoisotopic (exact) mass is 251 g/mol. The van der Waals surface area contributed by atoms with Crippen LogP contribution in [0.15, 0.2) is 12.4 Å². The molecule has 1 fully saturated rings. The maximum atomic E-state index is 12.0. The van der Waals surface area contributed by atoms with E-state index in [1.807, 2.05) is 0 Å². The summed E-state index contributed by atoms with van der Waals surface area (Å²) in [5, 5.41) is 15.7. The first kappa shape index (κ1) is 12.6. The van der Waals surface area contributed by atoms with Gasteiger partial charge in [0, 0.05) is 19.2 Å². The molecule has 6 nitrogen and oxygen atoms in total. The maximum absolute atomic E-state index is 12.0. The van der Waals surface area contributed by atoms with Crippen molar-refractivity contribution in [3.8, 4) is 0 Å². The molecule has 1 aliphatic rings. The summed E-state index contributed by atoms with van der Waals surface area (Å²) in [4.78, 5) is 22.9. The number of nitrogens with zero attached hydrogens (tertiary/aromatic N) is 2. The number of nitrogens with one attached hydrogen (secondary N) is 1. The average molecular weight is 251 g/mol. The molecule has 1 aromatic heterocycles. The van der Waals surface area contributed by atoms with Gasteiger partial charge in [0.05, 0.1) is 17.8 Å². The lowest BCUT2D eigenvalue weighted by Gasteiger charge is -2.25. The molecule has 18 heavy (non-hydrogen) atoms. The fourth-order valence-corrected chi connectivity index (χ4v) is 2.38. The van der Waals surface area contributed by atoms with Crippen LogP contribution in [0.2, 0.25) is 0 Å². The Bertz CT molecular complexity index is 455. The molecule has 1 amide bonds. The van der Waals surface area contributed by atoms with Crippen LogP contribution in [0.1, 0.15) is 25.7 Å². The largest absolute Gasteiger partial charge is 0.481 e. The second-order valence-corrected chi connectivity index (χ2v) is 4.79. The Kier molecular flexibility index (Phi) is 3.64. The molecule has 98 valence electrons. The fraction of sp³-hybridized carbons (Fsp3) is 0.583. The maximum Gasteiger partial charge on any atom is 0.306 e. The number of carbonyl (C=O) groups is 2. The van der Waals surface area contributed by atoms with E-state index in [9.17, 15) is 9.59 Å². The van der Waals surface area contributed by atoms with Crippen LogP contribution in [0.3, 0.4) is 0 Å². The number of aliphatic carboxylic acids is 1. The predicted octanol–water partition coefficient (Wildman–Crippen LogP) is 1.25. The molecule has 6 heteroatoms. The first-order valence-electron chi connectivity index (χ1n) is 6.08. The number of hydrogen-bond donors (Lipinski definition) is 2. The Morgan fingerprint density at radius 2 is 2.17 bits per heavy atom. The molecule has 0 bridgehead atoms. The van der Waals surface area contributed by atoms with Gasteiger partial charge in [0.1, 0.15) is 0 Å². The lowest BCUT2D eigenvalue weighted by molar-refractivity contribution is -0.143. The van der Waals surface area contributed by atoms with Gasteiger partial charge < -0.3 is 10.4 Å². The molecular weight excluding hydrogens is 234 g/mol. The molecule has 1 saturated carbocycles. The molecule has 0 saturated heterocycles. The second-order valence-electron chi connectivity index (χ2n) is 4.79. The van der Waals surface area contributed by atoms with Gasteiger partial charge in [-0.05, 0) is 19.3 Å². The molecule has 2 atom stereocenters. The normalized spacial score (nSPS) is 23.6. The third-order valence-corrected chi connectivity index (χ3v) is 3.37. The van der Waals surface area contributed by atoms with Gasteiger partial charge in [-0.1, -0.05) is 6.42 Å². The lowest BCUT2D eigenvalue weighted by Crippen LogP contribution is -2.30. The highest BCUT2D eigenvalue weighted by Crippen LogP contribution is 2.30. The molecule has 1 aliphatic carbocycles. The van der Waals surface area contributed by atoms with Crippen molar-refractivity contribution in [2.45, 2.75) is 25.7 Å². The summed E-state index contributed by atoms with van der Waals surface area (Å²) in [5.74, 6) is -1.49. The van der Waals surface area contributed by atoms with Gasteiger partial charge >= 0.3 is 5.97 Å². The topological polar surface area (TPSA) is 84.2 Å². The smallest absolute Gasteiger partial charge is 0.306 e. The van der Waals surface area contributed by atoms with Gasteiger partial charge in [-0.2, -0.15) is 5.10 Å². The summed E-state index contributed by atoms with van der Waals surface area (Å²) < 4.78 is 1.61. The van der Waals surface area contributed by atoms with Crippen LogP contribution in [0.5, 0.6) is 0 Å². The number of amides is 1. The summed E-state index contributed by atoms with van der Waals surface area (Å²) in [6.07, 6.45) is 5.95. The third kappa shape index (κ3) is 2.88. The zero-order valence-corrected chi connectivity index (χ0v) is 10.3. The zero-order chi connectivity index (χ0) is 13.1. The predicted molar refractivity (Wildman–Crippen MR) is 64.9 cm³/mol. The van der Waals surface area contributed by atoms with Crippen LogP contribution in [0.4, 0.5) is 5.69 Å². The molecule has 1 aromatic rings. The molecule has 0 radical (unpaired) electrons. The number of anilines is 1. The number of carboxylic acid groups (broad SMARTS) is 1. The van der Waals surface area contributed by atoms with Gasteiger partial charge in [0.25, 0.3) is 0 Å². The molecule has 0 aliphatic heterocycles. The Morgan fingerprint density at radius 1 is 1.44 bits per heavy atom. The molecule has 2 unspecified atom stereocenters. The van der Waals surface area contributed by atoms with E-state index in [4.69, 9.17) is 5.11 Å². The van der Waals surface area contributed by atoms with E-state index in [0.717, 1.165) is 12.8 Å². The minimum absolute atomic E-state index is 0.103. The number of carbonyl (C=O) groups excluding carboxylic acids is 1. The molecule has 2 rings (SSSR count). The van der Waals surface area contributed by atoms with Gasteiger partial charge in [-0.25, -0.2) is 0 Å². The Hall–Kier alpha value is -1.85. The Labute approximate surface area is 105 Å². The highest BCUT2D eigenvalue weighted by Gasteiger charge is 2.31. The van der Waals surface area contributed by atoms with Crippen molar-refractivity contribution in [3.63, 3.8) is 0 Å². The fourth-order valence-electron chi connectivity index (χ4n) is 2.38. The number of carboxylic acids is 1. The van der Waals surface area contributed by atoms with Gasteiger partial charge in [-0.15, -0.1) is 0 Å². The van der Waals surface area contributed by atoms with Crippen LogP contribution < -0.4 is 5.32 Å². The first-order valence-corrected chi connectivity index (χ1v) is 6.08. The molecular formula is C12H17N3O3. The Balaban J connectivity index is 1.94. The molecule has 1 heterocycles. The third-order valence-electron chi connectivity index (χ3n) is 3.37. The zero-order valence-electron chi connectivity index (χ0n) is 10.3. The van der Waals surface area contributed by atoms with Crippen molar-refractivity contribution in [3.05, 3.63) is 12.4 Å². The van der Waals surface area contributed by atoms with Crippen LogP contribution in [-0.2, 0) is 16.6 Å². The van der Waals surface area contributed by atoms with Gasteiger partial charge in [0.2, 0.25) is 5.91 Å². The van der Waals surface area contributed by atoms with Gasteiger partial charge in [-0.3, -0.25) is 14.3 Å². The van der Waals surface area contributed by atoms with Crippen molar-refractivity contribution >= 4 is 17.6 Å². The summed E-state index contributed by atoms with van der Waals surface area (Å²) in [5.41, 5.74) is 0.653. The molecule has 0 aromatic carbocycles. The van der Waals surface area contributed by atoms with Crippen LogP contribution in [0, 0.1) is 11.8 Å². The highest BCUT2D eigenvalue weighted by atomic mass is 16.4. The number of aromatic nitrogens is 2. The van der Waals surface area contributed by atoms with Crippen LogP contribution in [-0.4, -0.2) is 26.8 Å². The van der Waals surface area contributed by atoms with E-state index >= 15 is 0 Å². The summed E-state index contributed by atoms with van der Waals surface area (Å²) >= 11 is 0. The minimum atomic E-state index is -0.797. The van der Waals surface area contributed by atoms with Crippen LogP contribution in [0.25, 0.3) is 0 Å². The first-order chi connectivity index (χ1) is 8.56. The standard InChI is InChI=1S/C12H17N3O3/c1-15-7-10(6-13-15)14-11(16)8-3-2-4-9(5-8)12(17)18/h6-9H,2-5H2,1H3,(H,14,16)(H,17,18). The van der Waals surface area contributed by atoms with E-state index in [0.29, 0.717) is 18.5 Å². The quantitative estimate of drug-likeness (QED) is 0.846. The van der Waals surface area contributed by atoms with E-state index in [-0.39, 0.29) is 17.7 Å². The van der Waals surface area contributed by atoms with Gasteiger partial charge in [0.15, 0.2) is 0 Å². The minimum Gasteiger partial charge on any atom is -0.481 e. The number of hydrogen-bond acceptors (Lipinski definition) is 3. The SMILES string of the molecule is Cn1cc(NC(=O)C2CCCC(C(=O)O)C2)cn1. The number of aryl methyl sites for hydroxylation is 1. The van der Waals surface area contributed by atoms with E-state index < -0.39 is 5.97 Å². The summed E-state index contributed by atoms with van der Waals surface area (Å²) in [6, 6.07) is 0. The Morgan fingerprint density at radius 3 is 2.78 bits per heavy atom. The average Bonchev–Trinajstić information content (AvgIpc) is 2.75. The van der Waals surface area contributed by atoms with Crippen molar-refractivity contribution in [1.82, 2.24) is 9.78 Å². The highest BCUT2D eigenvalue weighted by molar-refractivity contribution is 5.92. The molecule has 2 N–H and O–H groups in total. The van der Waals surface area contributed by atoms with Crippen LogP contribution >= 0.6 is 0 Å². The summed E-state index contributed by atoms with van der Waals surface area (Å²) in [6.45, 7) is 0.